The summed E-state index contributed by atoms with van der Waals surface area (Å²) in [6, 6.07) is 8.31. The topological polar surface area (TPSA) is 29.9 Å². The van der Waals surface area contributed by atoms with Crippen molar-refractivity contribution in [1.82, 2.24) is 15.1 Å². The zero-order valence-corrected chi connectivity index (χ0v) is 12.4. The van der Waals surface area contributed by atoms with Crippen molar-refractivity contribution in [3.8, 4) is 5.69 Å². The van der Waals surface area contributed by atoms with Gasteiger partial charge in [0.2, 0.25) is 0 Å². The molecule has 3 nitrogen and oxygen atoms in total. The van der Waals surface area contributed by atoms with Crippen LogP contribution in [0.5, 0.6) is 0 Å². The van der Waals surface area contributed by atoms with Crippen LogP contribution in [0.15, 0.2) is 34.9 Å². The summed E-state index contributed by atoms with van der Waals surface area (Å²) in [6.07, 6.45) is 3.14. The lowest BCUT2D eigenvalue weighted by Crippen LogP contribution is -2.14. The van der Waals surface area contributed by atoms with Gasteiger partial charge in [-0.1, -0.05) is 28.9 Å². The summed E-state index contributed by atoms with van der Waals surface area (Å²) in [6.45, 7) is 6.10. The highest BCUT2D eigenvalue weighted by Gasteiger charge is 2.02. The Labute approximate surface area is 116 Å². The van der Waals surface area contributed by atoms with E-state index < -0.39 is 0 Å². The Bertz CT molecular complexity index is 520. The molecule has 1 aromatic carbocycles. The molecule has 0 saturated heterocycles. The molecule has 0 bridgehead atoms. The predicted octanol–water partition coefficient (Wildman–Crippen LogP) is 3.44. The zero-order chi connectivity index (χ0) is 13.0. The van der Waals surface area contributed by atoms with Crippen molar-refractivity contribution in [2.75, 3.05) is 6.54 Å². The van der Waals surface area contributed by atoms with Gasteiger partial charge in [-0.15, -0.1) is 0 Å². The number of aromatic nitrogens is 2. The fourth-order valence-corrected chi connectivity index (χ4v) is 2.08. The Hall–Kier alpha value is -1.13. The Morgan fingerprint density at radius 2 is 2.17 bits per heavy atom. The van der Waals surface area contributed by atoms with E-state index in [2.05, 4.69) is 64.5 Å². The number of hydrogen-bond acceptors (Lipinski definition) is 2. The minimum Gasteiger partial charge on any atom is -0.311 e. The lowest BCUT2D eigenvalue weighted by molar-refractivity contribution is 0.656. The molecule has 1 heterocycles. The molecule has 0 aliphatic rings. The lowest BCUT2D eigenvalue weighted by atomic mass is 10.2. The van der Waals surface area contributed by atoms with Crippen LogP contribution in [-0.2, 0) is 6.54 Å². The van der Waals surface area contributed by atoms with Crippen molar-refractivity contribution in [3.05, 3.63) is 46.2 Å². The maximum atomic E-state index is 4.56. The fourth-order valence-electron chi connectivity index (χ4n) is 1.72. The molecule has 0 fully saturated rings. The van der Waals surface area contributed by atoms with Gasteiger partial charge in [-0.05, 0) is 43.7 Å². The van der Waals surface area contributed by atoms with Crippen LogP contribution in [0.25, 0.3) is 5.69 Å². The number of benzene rings is 1. The minimum absolute atomic E-state index is 0.827. The van der Waals surface area contributed by atoms with E-state index in [9.17, 15) is 0 Å². The van der Waals surface area contributed by atoms with Crippen LogP contribution >= 0.6 is 15.9 Å². The van der Waals surface area contributed by atoms with Crippen LogP contribution in [-0.4, -0.2) is 16.3 Å². The second-order valence-corrected chi connectivity index (χ2v) is 5.22. The SMILES string of the molecule is CCCNCc1ccn(-c2ccc(C)c(Br)c2)n1. The van der Waals surface area contributed by atoms with E-state index in [1.54, 1.807) is 0 Å². The first kappa shape index (κ1) is 13.3. The molecule has 96 valence electrons. The average Bonchev–Trinajstić information content (AvgIpc) is 2.82. The van der Waals surface area contributed by atoms with Gasteiger partial charge in [0.05, 0.1) is 11.4 Å². The summed E-state index contributed by atoms with van der Waals surface area (Å²) < 4.78 is 3.02. The van der Waals surface area contributed by atoms with Gasteiger partial charge in [0, 0.05) is 17.2 Å². The summed E-state index contributed by atoms with van der Waals surface area (Å²) in [7, 11) is 0. The van der Waals surface area contributed by atoms with Crippen molar-refractivity contribution in [3.63, 3.8) is 0 Å². The van der Waals surface area contributed by atoms with Gasteiger partial charge in [-0.3, -0.25) is 0 Å². The third kappa shape index (κ3) is 3.21. The molecule has 0 spiro atoms. The molecular weight excluding hydrogens is 290 g/mol. The van der Waals surface area contributed by atoms with Crippen molar-refractivity contribution in [1.29, 1.82) is 0 Å². The molecule has 0 radical (unpaired) electrons. The lowest BCUT2D eigenvalue weighted by Gasteiger charge is -2.04. The second-order valence-electron chi connectivity index (χ2n) is 4.36. The van der Waals surface area contributed by atoms with Crippen LogP contribution < -0.4 is 5.32 Å². The number of aryl methyl sites for hydroxylation is 1. The second kappa shape index (κ2) is 6.16. The van der Waals surface area contributed by atoms with E-state index in [4.69, 9.17) is 0 Å². The molecule has 0 amide bonds. The molecular formula is C14H18BrN3. The molecule has 2 aromatic rings. The van der Waals surface area contributed by atoms with Gasteiger partial charge in [-0.25, -0.2) is 4.68 Å². The van der Waals surface area contributed by atoms with E-state index in [1.165, 1.54) is 5.56 Å². The summed E-state index contributed by atoms with van der Waals surface area (Å²) in [4.78, 5) is 0. The summed E-state index contributed by atoms with van der Waals surface area (Å²) in [5, 5.41) is 7.91. The molecule has 0 aliphatic heterocycles. The molecule has 18 heavy (non-hydrogen) atoms. The zero-order valence-electron chi connectivity index (χ0n) is 10.8. The summed E-state index contributed by atoms with van der Waals surface area (Å²) in [5.74, 6) is 0. The quantitative estimate of drug-likeness (QED) is 0.858. The number of nitrogens with one attached hydrogen (secondary N) is 1. The Morgan fingerprint density at radius 1 is 1.33 bits per heavy atom. The Kier molecular flexibility index (Phi) is 4.55. The van der Waals surface area contributed by atoms with Gasteiger partial charge < -0.3 is 5.32 Å². The van der Waals surface area contributed by atoms with Gasteiger partial charge in [0.15, 0.2) is 0 Å². The van der Waals surface area contributed by atoms with Crippen molar-refractivity contribution < 1.29 is 0 Å². The molecule has 1 N–H and O–H groups in total. The molecule has 0 aliphatic carbocycles. The fraction of sp³-hybridized carbons (Fsp3) is 0.357. The number of halogens is 1. The summed E-state index contributed by atoms with van der Waals surface area (Å²) in [5.41, 5.74) is 3.38. The van der Waals surface area contributed by atoms with Crippen molar-refractivity contribution in [2.45, 2.75) is 26.8 Å². The summed E-state index contributed by atoms with van der Waals surface area (Å²) >= 11 is 3.55. The standard InChI is InChI=1S/C14H18BrN3/c1-3-7-16-10-12-6-8-18(17-12)13-5-4-11(2)14(15)9-13/h4-6,8-9,16H,3,7,10H2,1-2H3. The smallest absolute Gasteiger partial charge is 0.0766 e. The van der Waals surface area contributed by atoms with E-state index in [0.29, 0.717) is 0 Å². The van der Waals surface area contributed by atoms with Gasteiger partial charge in [0.25, 0.3) is 0 Å². The highest BCUT2D eigenvalue weighted by molar-refractivity contribution is 9.10. The van der Waals surface area contributed by atoms with Gasteiger partial charge in [-0.2, -0.15) is 5.10 Å². The first-order valence-corrected chi connectivity index (χ1v) is 7.02. The third-order valence-corrected chi connectivity index (χ3v) is 3.65. The molecule has 0 saturated carbocycles. The minimum atomic E-state index is 0.827. The van der Waals surface area contributed by atoms with Gasteiger partial charge >= 0.3 is 0 Å². The molecule has 1 aromatic heterocycles. The number of nitrogens with zero attached hydrogens (tertiary/aromatic N) is 2. The number of rotatable bonds is 5. The largest absolute Gasteiger partial charge is 0.311 e. The van der Waals surface area contributed by atoms with Crippen LogP contribution in [0, 0.1) is 6.92 Å². The molecule has 2 rings (SSSR count). The first-order valence-electron chi connectivity index (χ1n) is 6.22. The maximum absolute atomic E-state index is 4.56. The van der Waals surface area contributed by atoms with Gasteiger partial charge in [0.1, 0.15) is 0 Å². The van der Waals surface area contributed by atoms with E-state index in [1.807, 2.05) is 10.9 Å². The first-order chi connectivity index (χ1) is 8.70. The normalized spacial score (nSPS) is 10.8. The Morgan fingerprint density at radius 3 is 2.89 bits per heavy atom. The van der Waals surface area contributed by atoms with Crippen LogP contribution in [0.4, 0.5) is 0 Å². The van der Waals surface area contributed by atoms with Crippen molar-refractivity contribution in [2.24, 2.45) is 0 Å². The van der Waals surface area contributed by atoms with E-state index in [-0.39, 0.29) is 0 Å². The maximum Gasteiger partial charge on any atom is 0.0766 e. The van der Waals surface area contributed by atoms with E-state index in [0.717, 1.165) is 35.4 Å². The van der Waals surface area contributed by atoms with Crippen LogP contribution in [0.3, 0.4) is 0 Å². The van der Waals surface area contributed by atoms with Crippen LogP contribution in [0.1, 0.15) is 24.6 Å². The van der Waals surface area contributed by atoms with Crippen molar-refractivity contribution >= 4 is 15.9 Å². The third-order valence-electron chi connectivity index (χ3n) is 2.80. The molecule has 4 heteroatoms. The highest BCUT2D eigenvalue weighted by atomic mass is 79.9. The highest BCUT2D eigenvalue weighted by Crippen LogP contribution is 2.19. The molecule has 0 unspecified atom stereocenters. The average molecular weight is 308 g/mol. The Balaban J connectivity index is 2.11. The monoisotopic (exact) mass is 307 g/mol. The number of hydrogen-bond donors (Lipinski definition) is 1. The molecule has 0 atom stereocenters. The predicted molar refractivity (Wildman–Crippen MR) is 78.0 cm³/mol. The van der Waals surface area contributed by atoms with Crippen LogP contribution in [0.2, 0.25) is 0 Å². The van der Waals surface area contributed by atoms with E-state index >= 15 is 0 Å².